The fourth-order valence-corrected chi connectivity index (χ4v) is 1.69. The molecular weight excluding hydrogens is 238 g/mol. The van der Waals surface area contributed by atoms with Gasteiger partial charge in [0.05, 0.1) is 18.5 Å². The Balaban J connectivity index is 2.07. The van der Waals surface area contributed by atoms with Crippen molar-refractivity contribution in [3.63, 3.8) is 0 Å². The van der Waals surface area contributed by atoms with Crippen molar-refractivity contribution in [1.82, 2.24) is 15.1 Å². The molecule has 0 saturated heterocycles. The van der Waals surface area contributed by atoms with E-state index in [0.717, 1.165) is 23.7 Å². The van der Waals surface area contributed by atoms with Crippen molar-refractivity contribution in [1.29, 1.82) is 0 Å². The van der Waals surface area contributed by atoms with E-state index in [1.54, 1.807) is 7.11 Å². The first-order valence-electron chi connectivity index (χ1n) is 6.42. The molecule has 1 N–H and O–H groups in total. The van der Waals surface area contributed by atoms with Gasteiger partial charge in [-0.3, -0.25) is 0 Å². The molecule has 1 aromatic carbocycles. The molecule has 0 spiro atoms. The minimum Gasteiger partial charge on any atom is -0.497 e. The lowest BCUT2D eigenvalue weighted by molar-refractivity contribution is 0.414. The monoisotopic (exact) mass is 259 g/mol. The lowest BCUT2D eigenvalue weighted by Crippen LogP contribution is -2.35. The Hall–Kier alpha value is -1.81. The Labute approximate surface area is 114 Å². The van der Waals surface area contributed by atoms with Gasteiger partial charge in [-0.1, -0.05) is 0 Å². The molecule has 102 valence electrons. The summed E-state index contributed by atoms with van der Waals surface area (Å²) in [5, 5.41) is 7.98. The average molecular weight is 259 g/mol. The Bertz CT molecular complexity index is 523. The molecule has 4 heteroatoms. The highest BCUT2D eigenvalue weighted by Gasteiger charge is 2.09. The lowest BCUT2D eigenvalue weighted by atomic mass is 10.1. The summed E-state index contributed by atoms with van der Waals surface area (Å²) in [4.78, 5) is 0. The number of nitrogens with one attached hydrogen (secondary N) is 1. The Kier molecular flexibility index (Phi) is 3.90. The first-order valence-corrected chi connectivity index (χ1v) is 6.42. The number of rotatable bonds is 4. The van der Waals surface area contributed by atoms with Crippen molar-refractivity contribution in [2.75, 3.05) is 7.11 Å². The van der Waals surface area contributed by atoms with E-state index in [1.165, 1.54) is 0 Å². The summed E-state index contributed by atoms with van der Waals surface area (Å²) in [5.41, 5.74) is 2.16. The van der Waals surface area contributed by atoms with Crippen LogP contribution in [0.3, 0.4) is 0 Å². The Morgan fingerprint density at radius 1 is 1.16 bits per heavy atom. The van der Waals surface area contributed by atoms with E-state index in [-0.39, 0.29) is 5.54 Å². The Morgan fingerprint density at radius 2 is 1.84 bits per heavy atom. The second kappa shape index (κ2) is 5.45. The minimum absolute atomic E-state index is 0.101. The average Bonchev–Trinajstić information content (AvgIpc) is 2.84. The van der Waals surface area contributed by atoms with Crippen LogP contribution in [0, 0.1) is 0 Å². The number of hydrogen-bond acceptors (Lipinski definition) is 3. The van der Waals surface area contributed by atoms with Gasteiger partial charge in [0.2, 0.25) is 0 Å². The molecular formula is C15H21N3O. The van der Waals surface area contributed by atoms with Gasteiger partial charge in [-0.05, 0) is 51.1 Å². The SMILES string of the molecule is COc1ccc(-n2ccc(CNC(C)(C)C)n2)cc1. The zero-order valence-corrected chi connectivity index (χ0v) is 12.0. The van der Waals surface area contributed by atoms with Gasteiger partial charge in [-0.15, -0.1) is 0 Å². The molecule has 0 atom stereocenters. The van der Waals surface area contributed by atoms with Gasteiger partial charge in [0.15, 0.2) is 0 Å². The summed E-state index contributed by atoms with van der Waals surface area (Å²) in [6.45, 7) is 7.21. The van der Waals surface area contributed by atoms with Crippen molar-refractivity contribution >= 4 is 0 Å². The number of nitrogens with zero attached hydrogens (tertiary/aromatic N) is 2. The molecule has 2 aromatic rings. The standard InChI is InChI=1S/C15H21N3O/c1-15(2,3)16-11-12-9-10-18(17-12)13-5-7-14(19-4)8-6-13/h5-10,16H,11H2,1-4H3. The molecule has 0 aliphatic rings. The van der Waals surface area contributed by atoms with Crippen LogP contribution in [0.25, 0.3) is 5.69 Å². The summed E-state index contributed by atoms with van der Waals surface area (Å²) >= 11 is 0. The maximum Gasteiger partial charge on any atom is 0.119 e. The first-order chi connectivity index (χ1) is 8.98. The zero-order chi connectivity index (χ0) is 13.9. The highest BCUT2D eigenvalue weighted by atomic mass is 16.5. The molecule has 0 bridgehead atoms. The molecule has 0 aliphatic heterocycles. The zero-order valence-electron chi connectivity index (χ0n) is 12.0. The summed E-state index contributed by atoms with van der Waals surface area (Å²) in [6, 6.07) is 9.89. The van der Waals surface area contributed by atoms with Crippen molar-refractivity contribution in [2.45, 2.75) is 32.9 Å². The summed E-state index contributed by atoms with van der Waals surface area (Å²) < 4.78 is 7.02. The third-order valence-corrected chi connectivity index (χ3v) is 2.78. The van der Waals surface area contributed by atoms with Crippen LogP contribution in [0.15, 0.2) is 36.5 Å². The predicted molar refractivity (Wildman–Crippen MR) is 76.7 cm³/mol. The van der Waals surface area contributed by atoms with Crippen LogP contribution in [0.2, 0.25) is 0 Å². The number of methoxy groups -OCH3 is 1. The maximum absolute atomic E-state index is 5.15. The molecule has 0 radical (unpaired) electrons. The van der Waals surface area contributed by atoms with Crippen LogP contribution in [-0.2, 0) is 6.54 Å². The van der Waals surface area contributed by atoms with Crippen LogP contribution >= 0.6 is 0 Å². The van der Waals surface area contributed by atoms with Gasteiger partial charge in [0, 0.05) is 18.3 Å². The third kappa shape index (κ3) is 3.83. The Morgan fingerprint density at radius 3 is 2.42 bits per heavy atom. The van der Waals surface area contributed by atoms with E-state index in [2.05, 4.69) is 31.2 Å². The van der Waals surface area contributed by atoms with Gasteiger partial charge < -0.3 is 10.1 Å². The van der Waals surface area contributed by atoms with Crippen molar-refractivity contribution < 1.29 is 4.74 Å². The van der Waals surface area contributed by atoms with Crippen LogP contribution in [0.5, 0.6) is 5.75 Å². The molecule has 1 aromatic heterocycles. The van der Waals surface area contributed by atoms with Crippen LogP contribution in [0.4, 0.5) is 0 Å². The second-order valence-electron chi connectivity index (χ2n) is 5.55. The van der Waals surface area contributed by atoms with Gasteiger partial charge in [-0.2, -0.15) is 5.10 Å². The summed E-state index contributed by atoms with van der Waals surface area (Å²) in [6.07, 6.45) is 1.97. The molecule has 0 amide bonds. The fraction of sp³-hybridized carbons (Fsp3) is 0.400. The smallest absolute Gasteiger partial charge is 0.119 e. The quantitative estimate of drug-likeness (QED) is 0.917. The van der Waals surface area contributed by atoms with Crippen molar-refractivity contribution in [3.05, 3.63) is 42.2 Å². The molecule has 0 fully saturated rings. The van der Waals surface area contributed by atoms with E-state index >= 15 is 0 Å². The van der Waals surface area contributed by atoms with Crippen molar-refractivity contribution in [2.24, 2.45) is 0 Å². The highest BCUT2D eigenvalue weighted by molar-refractivity contribution is 5.36. The molecule has 1 heterocycles. The van der Waals surface area contributed by atoms with Crippen LogP contribution < -0.4 is 10.1 Å². The number of aromatic nitrogens is 2. The fourth-order valence-electron chi connectivity index (χ4n) is 1.69. The largest absolute Gasteiger partial charge is 0.497 e. The van der Waals surface area contributed by atoms with Crippen molar-refractivity contribution in [3.8, 4) is 11.4 Å². The van der Waals surface area contributed by atoms with Gasteiger partial charge in [0.25, 0.3) is 0 Å². The van der Waals surface area contributed by atoms with Gasteiger partial charge in [-0.25, -0.2) is 4.68 Å². The van der Waals surface area contributed by atoms with E-state index in [0.29, 0.717) is 0 Å². The molecule has 19 heavy (non-hydrogen) atoms. The van der Waals surface area contributed by atoms with E-state index in [9.17, 15) is 0 Å². The molecule has 2 rings (SSSR count). The minimum atomic E-state index is 0.101. The number of benzene rings is 1. The normalized spacial score (nSPS) is 11.6. The third-order valence-electron chi connectivity index (χ3n) is 2.78. The number of hydrogen-bond donors (Lipinski definition) is 1. The molecule has 0 saturated carbocycles. The van der Waals surface area contributed by atoms with Gasteiger partial charge >= 0.3 is 0 Å². The van der Waals surface area contributed by atoms with E-state index in [4.69, 9.17) is 4.74 Å². The maximum atomic E-state index is 5.15. The lowest BCUT2D eigenvalue weighted by Gasteiger charge is -2.19. The topological polar surface area (TPSA) is 39.1 Å². The van der Waals surface area contributed by atoms with Gasteiger partial charge in [0.1, 0.15) is 5.75 Å². The van der Waals surface area contributed by atoms with E-state index < -0.39 is 0 Å². The van der Waals surface area contributed by atoms with E-state index in [1.807, 2.05) is 41.2 Å². The molecule has 4 nitrogen and oxygen atoms in total. The summed E-state index contributed by atoms with van der Waals surface area (Å²) in [7, 11) is 1.67. The highest BCUT2D eigenvalue weighted by Crippen LogP contribution is 2.14. The first kappa shape index (κ1) is 13.6. The number of ether oxygens (including phenoxy) is 1. The van der Waals surface area contributed by atoms with Crippen LogP contribution in [0.1, 0.15) is 26.5 Å². The molecule has 0 unspecified atom stereocenters. The second-order valence-corrected chi connectivity index (χ2v) is 5.55. The summed E-state index contributed by atoms with van der Waals surface area (Å²) in [5.74, 6) is 0.852. The predicted octanol–water partition coefficient (Wildman–Crippen LogP) is 2.77. The van der Waals surface area contributed by atoms with Crippen LogP contribution in [-0.4, -0.2) is 22.4 Å². The molecule has 0 aliphatic carbocycles.